The van der Waals surface area contributed by atoms with Crippen LogP contribution >= 0.6 is 11.6 Å². The van der Waals surface area contributed by atoms with Crippen molar-refractivity contribution < 1.29 is 0 Å². The van der Waals surface area contributed by atoms with Gasteiger partial charge in [-0.05, 0) is 6.42 Å². The number of aryl methyl sites for hydroxylation is 1. The molecule has 2 aromatic rings. The molecule has 4 nitrogen and oxygen atoms in total. The Hall–Kier alpha value is -1.16. The summed E-state index contributed by atoms with van der Waals surface area (Å²) in [6.45, 7) is 3.13. The highest BCUT2D eigenvalue weighted by atomic mass is 35.5. The van der Waals surface area contributed by atoms with Crippen LogP contribution in [0.3, 0.4) is 0 Å². The third-order valence-corrected chi connectivity index (χ3v) is 2.64. The molecule has 0 spiro atoms. The van der Waals surface area contributed by atoms with Gasteiger partial charge in [0.15, 0.2) is 10.8 Å². The van der Waals surface area contributed by atoms with Gasteiger partial charge in [-0.15, -0.1) is 0 Å². The van der Waals surface area contributed by atoms with Gasteiger partial charge < -0.3 is 4.57 Å². The molecule has 0 aliphatic heterocycles. The van der Waals surface area contributed by atoms with E-state index in [4.69, 9.17) is 11.6 Å². The van der Waals surface area contributed by atoms with Crippen molar-refractivity contribution in [2.24, 2.45) is 0 Å². The second-order valence-corrected chi connectivity index (χ2v) is 3.84. The molecule has 2 aromatic heterocycles. The number of fused-ring (bicyclic) bond motifs is 1. The molecular weight excluding hydrogens is 212 g/mol. The molecule has 15 heavy (non-hydrogen) atoms. The van der Waals surface area contributed by atoms with Crippen molar-refractivity contribution in [3.63, 3.8) is 0 Å². The molecule has 0 bridgehead atoms. The monoisotopic (exact) mass is 224 g/mol. The van der Waals surface area contributed by atoms with Gasteiger partial charge in [0, 0.05) is 6.54 Å². The summed E-state index contributed by atoms with van der Waals surface area (Å²) in [7, 11) is 0. The fraction of sp³-hybridized carbons (Fsp3) is 0.500. The SMILES string of the molecule is CCCCCn1cnc2c(Cl)ncnc21. The van der Waals surface area contributed by atoms with E-state index in [0.717, 1.165) is 18.6 Å². The lowest BCUT2D eigenvalue weighted by Gasteiger charge is -2.01. The maximum absolute atomic E-state index is 5.90. The largest absolute Gasteiger partial charge is 0.315 e. The maximum atomic E-state index is 5.90. The number of rotatable bonds is 4. The van der Waals surface area contributed by atoms with E-state index in [2.05, 4.69) is 21.9 Å². The highest BCUT2D eigenvalue weighted by Gasteiger charge is 2.07. The second kappa shape index (κ2) is 4.57. The summed E-state index contributed by atoms with van der Waals surface area (Å²) in [5.41, 5.74) is 1.52. The van der Waals surface area contributed by atoms with E-state index in [1.807, 2.05) is 4.57 Å². The molecular formula is C10H13ClN4. The van der Waals surface area contributed by atoms with Gasteiger partial charge in [-0.2, -0.15) is 0 Å². The Morgan fingerprint density at radius 3 is 2.93 bits per heavy atom. The molecule has 0 saturated heterocycles. The fourth-order valence-electron chi connectivity index (χ4n) is 1.55. The first kappa shape index (κ1) is 10.4. The van der Waals surface area contributed by atoms with Crippen molar-refractivity contribution >= 4 is 22.8 Å². The van der Waals surface area contributed by atoms with Crippen LogP contribution in [0.4, 0.5) is 0 Å². The summed E-state index contributed by atoms with van der Waals surface area (Å²) in [6.07, 6.45) is 6.83. The third kappa shape index (κ3) is 2.09. The molecule has 0 saturated carbocycles. The Kier molecular flexibility index (Phi) is 3.16. The number of unbranched alkanes of at least 4 members (excludes halogenated alkanes) is 2. The molecule has 2 heterocycles. The van der Waals surface area contributed by atoms with Gasteiger partial charge >= 0.3 is 0 Å². The predicted octanol–water partition coefficient (Wildman–Crippen LogP) is 2.67. The first-order chi connectivity index (χ1) is 7.33. The minimum Gasteiger partial charge on any atom is -0.315 e. The van der Waals surface area contributed by atoms with Crippen LogP contribution in [-0.4, -0.2) is 19.5 Å². The minimum absolute atomic E-state index is 0.425. The summed E-state index contributed by atoms with van der Waals surface area (Å²) < 4.78 is 2.03. The molecule has 2 rings (SSSR count). The van der Waals surface area contributed by atoms with Crippen molar-refractivity contribution in [1.82, 2.24) is 19.5 Å². The lowest BCUT2D eigenvalue weighted by molar-refractivity contribution is 0.610. The van der Waals surface area contributed by atoms with Crippen LogP contribution in [0.2, 0.25) is 5.15 Å². The van der Waals surface area contributed by atoms with E-state index in [1.165, 1.54) is 19.2 Å². The Morgan fingerprint density at radius 2 is 2.13 bits per heavy atom. The molecule has 0 aliphatic rings. The fourth-order valence-corrected chi connectivity index (χ4v) is 1.72. The van der Waals surface area contributed by atoms with Crippen LogP contribution in [0, 0.1) is 0 Å². The topological polar surface area (TPSA) is 43.6 Å². The van der Waals surface area contributed by atoms with Crippen LogP contribution in [0.5, 0.6) is 0 Å². The highest BCUT2D eigenvalue weighted by Crippen LogP contribution is 2.17. The number of halogens is 1. The van der Waals surface area contributed by atoms with Crippen LogP contribution < -0.4 is 0 Å². The predicted molar refractivity (Wildman–Crippen MR) is 59.9 cm³/mol. The maximum Gasteiger partial charge on any atom is 0.164 e. The molecule has 0 amide bonds. The number of hydrogen-bond acceptors (Lipinski definition) is 3. The summed E-state index contributed by atoms with van der Waals surface area (Å²) in [5.74, 6) is 0. The Bertz CT molecular complexity index is 452. The van der Waals surface area contributed by atoms with Gasteiger partial charge in [-0.3, -0.25) is 0 Å². The van der Waals surface area contributed by atoms with E-state index in [0.29, 0.717) is 10.7 Å². The first-order valence-corrected chi connectivity index (χ1v) is 5.52. The summed E-state index contributed by atoms with van der Waals surface area (Å²) in [6, 6.07) is 0. The van der Waals surface area contributed by atoms with Gasteiger partial charge in [0.25, 0.3) is 0 Å². The average Bonchev–Trinajstić information content (AvgIpc) is 2.64. The molecule has 0 atom stereocenters. The Labute approximate surface area is 93.3 Å². The van der Waals surface area contributed by atoms with Crippen molar-refractivity contribution in [2.45, 2.75) is 32.7 Å². The van der Waals surface area contributed by atoms with Crippen molar-refractivity contribution in [3.05, 3.63) is 17.8 Å². The third-order valence-electron chi connectivity index (χ3n) is 2.36. The quantitative estimate of drug-likeness (QED) is 0.593. The highest BCUT2D eigenvalue weighted by molar-refractivity contribution is 6.33. The molecule has 0 fully saturated rings. The average molecular weight is 225 g/mol. The standard InChI is InChI=1S/C10H13ClN4/c1-2-3-4-5-15-7-14-8-9(11)12-6-13-10(8)15/h6-7H,2-5H2,1H3. The van der Waals surface area contributed by atoms with Crippen LogP contribution in [0.15, 0.2) is 12.7 Å². The number of imidazole rings is 1. The smallest absolute Gasteiger partial charge is 0.164 e. The van der Waals surface area contributed by atoms with Crippen LogP contribution in [0.25, 0.3) is 11.2 Å². The van der Waals surface area contributed by atoms with Crippen molar-refractivity contribution in [3.8, 4) is 0 Å². The zero-order chi connectivity index (χ0) is 10.7. The van der Waals surface area contributed by atoms with Crippen LogP contribution in [-0.2, 0) is 6.54 Å². The van der Waals surface area contributed by atoms with Gasteiger partial charge in [-0.1, -0.05) is 31.4 Å². The molecule has 0 aliphatic carbocycles. The van der Waals surface area contributed by atoms with E-state index < -0.39 is 0 Å². The zero-order valence-corrected chi connectivity index (χ0v) is 9.41. The lowest BCUT2D eigenvalue weighted by atomic mass is 10.2. The molecule has 5 heteroatoms. The van der Waals surface area contributed by atoms with Crippen LogP contribution in [0.1, 0.15) is 26.2 Å². The summed E-state index contributed by atoms with van der Waals surface area (Å²) >= 11 is 5.90. The van der Waals surface area contributed by atoms with Crippen molar-refractivity contribution in [1.29, 1.82) is 0 Å². The van der Waals surface area contributed by atoms with Gasteiger partial charge in [-0.25, -0.2) is 15.0 Å². The van der Waals surface area contributed by atoms with Crippen molar-refractivity contribution in [2.75, 3.05) is 0 Å². The molecule has 0 aromatic carbocycles. The summed E-state index contributed by atoms with van der Waals surface area (Å²) in [5, 5.41) is 0.425. The van der Waals surface area contributed by atoms with Gasteiger partial charge in [0.1, 0.15) is 11.8 Å². The Balaban J connectivity index is 2.25. The Morgan fingerprint density at radius 1 is 1.27 bits per heavy atom. The second-order valence-electron chi connectivity index (χ2n) is 3.48. The molecule has 0 radical (unpaired) electrons. The lowest BCUT2D eigenvalue weighted by Crippen LogP contribution is -1.97. The molecule has 0 unspecified atom stereocenters. The first-order valence-electron chi connectivity index (χ1n) is 5.14. The normalized spacial score (nSPS) is 11.1. The van der Waals surface area contributed by atoms with E-state index in [-0.39, 0.29) is 0 Å². The summed E-state index contributed by atoms with van der Waals surface area (Å²) in [4.78, 5) is 12.3. The van der Waals surface area contributed by atoms with E-state index >= 15 is 0 Å². The van der Waals surface area contributed by atoms with Gasteiger partial charge in [0.05, 0.1) is 6.33 Å². The number of hydrogen-bond donors (Lipinski definition) is 0. The van der Waals surface area contributed by atoms with E-state index in [9.17, 15) is 0 Å². The van der Waals surface area contributed by atoms with E-state index in [1.54, 1.807) is 6.33 Å². The van der Waals surface area contributed by atoms with Gasteiger partial charge in [0.2, 0.25) is 0 Å². The molecule has 80 valence electrons. The minimum atomic E-state index is 0.425. The number of nitrogens with zero attached hydrogens (tertiary/aromatic N) is 4. The zero-order valence-electron chi connectivity index (χ0n) is 8.65. The number of aromatic nitrogens is 4. The molecule has 0 N–H and O–H groups in total.